The zero-order valence-electron chi connectivity index (χ0n) is 31.4. The van der Waals surface area contributed by atoms with Crippen molar-refractivity contribution in [3.63, 3.8) is 0 Å². The van der Waals surface area contributed by atoms with E-state index in [1.165, 1.54) is 19.2 Å². The summed E-state index contributed by atoms with van der Waals surface area (Å²) in [5.74, 6) is 0.645. The van der Waals surface area contributed by atoms with Crippen molar-refractivity contribution in [3.8, 4) is 5.88 Å². The molecule has 1 fully saturated rings. The summed E-state index contributed by atoms with van der Waals surface area (Å²) in [4.78, 5) is 128. The van der Waals surface area contributed by atoms with Crippen LogP contribution in [0.25, 0.3) is 11.1 Å². The molecular formula is C28H47N3O30. The first-order valence-electron chi connectivity index (χ1n) is 13.7. The van der Waals surface area contributed by atoms with E-state index >= 15 is 0 Å². The van der Waals surface area contributed by atoms with Gasteiger partial charge >= 0.3 is 0 Å². The van der Waals surface area contributed by atoms with Gasteiger partial charge in [0.05, 0.1) is 6.26 Å². The molecule has 1 aliphatic carbocycles. The molecule has 2 aromatic rings. The van der Waals surface area contributed by atoms with E-state index in [0.717, 1.165) is 18.2 Å². The number of hydrogen-bond donors (Lipinski definition) is 14. The second-order valence-corrected chi connectivity index (χ2v) is 6.81. The summed E-state index contributed by atoms with van der Waals surface area (Å²) in [6.07, 6.45) is 7.87. The number of nitrogens with zero attached hydrogens (tertiary/aromatic N) is 3. The molecule has 354 valence electrons. The Bertz CT molecular complexity index is 1050. The Balaban J connectivity index is -0.0000000482. The van der Waals surface area contributed by atoms with Crippen molar-refractivity contribution >= 4 is 102 Å². The normalized spacial score (nSPS) is 10.2. The maximum absolute atomic E-state index is 8.36. The first-order valence-corrected chi connectivity index (χ1v) is 13.7. The minimum absolute atomic E-state index is 0.250. The summed E-state index contributed by atoms with van der Waals surface area (Å²) in [6.45, 7) is -3.50. The molecule has 1 saturated carbocycles. The Morgan fingerprint density at radius 1 is 0.475 bits per heavy atom. The number of ether oxygens (including phenoxy) is 1. The number of rotatable bonds is 3. The zero-order valence-corrected chi connectivity index (χ0v) is 31.4. The second kappa shape index (κ2) is 110. The number of carboxylic acid groups (broad SMARTS) is 14. The largest absolute Gasteiger partial charge is 0.483 e. The molecule has 33 nitrogen and oxygen atoms in total. The Kier molecular flexibility index (Phi) is 153. The minimum Gasteiger partial charge on any atom is -0.483 e. The molecule has 2 heterocycles. The van der Waals surface area contributed by atoms with Crippen LogP contribution in [0.1, 0.15) is 25.7 Å². The Morgan fingerprint density at radius 2 is 0.721 bits per heavy atom. The van der Waals surface area contributed by atoms with Gasteiger partial charge in [-0.2, -0.15) is 0 Å². The summed E-state index contributed by atoms with van der Waals surface area (Å²) in [5, 5.41) is 97.3. The van der Waals surface area contributed by atoms with Crippen LogP contribution in [0, 0.1) is 0 Å². The molecule has 0 bridgehead atoms. The molecule has 0 radical (unpaired) electrons. The number of carbonyl (C=O) groups is 14. The summed E-state index contributed by atoms with van der Waals surface area (Å²) in [5.41, 5.74) is 0.590. The smallest absolute Gasteiger partial charge is 0.290 e. The van der Waals surface area contributed by atoms with Crippen LogP contribution in [-0.2, 0) is 67.1 Å². The highest BCUT2D eigenvalue weighted by atomic mass is 16.5. The van der Waals surface area contributed by atoms with Gasteiger partial charge in [-0.1, -0.05) is 0 Å². The average Bonchev–Trinajstić information content (AvgIpc) is 3.67. The summed E-state index contributed by atoms with van der Waals surface area (Å²) in [6, 6.07) is 2.54. The van der Waals surface area contributed by atoms with Gasteiger partial charge in [0, 0.05) is 6.04 Å². The van der Waals surface area contributed by atoms with Crippen LogP contribution in [0.5, 0.6) is 5.88 Å². The van der Waals surface area contributed by atoms with Gasteiger partial charge in [0.25, 0.3) is 90.6 Å². The first kappa shape index (κ1) is 84.5. The lowest BCUT2D eigenvalue weighted by Crippen LogP contribution is -2.35. The molecule has 1 aliphatic rings. The summed E-state index contributed by atoms with van der Waals surface area (Å²) < 4.78 is 11.3. The SMILES string of the molecule is CN(C)[C@H]1CC[C@H](Oc2ncnc3occc23)CC1.O=CO.O=CO.O=CO.O=CO.O=CO.O=CO.O=CO.O=CO.O=CO.O=CO.O=CO.O=CO.O=CO.O=CO. The molecule has 0 aromatic carbocycles. The Labute approximate surface area is 341 Å². The number of hydrogen-bond acceptors (Lipinski definition) is 19. The van der Waals surface area contributed by atoms with Crippen molar-refractivity contribution in [2.75, 3.05) is 14.1 Å². The molecule has 61 heavy (non-hydrogen) atoms. The van der Waals surface area contributed by atoms with Crippen LogP contribution in [-0.4, -0.2) is 203 Å². The molecular weight excluding hydrogens is 858 g/mol. The van der Waals surface area contributed by atoms with Crippen LogP contribution in [0.3, 0.4) is 0 Å². The summed E-state index contributed by atoms with van der Waals surface area (Å²) in [7, 11) is 4.29. The fraction of sp³-hybridized carbons (Fsp3) is 0.286. The fourth-order valence-corrected chi connectivity index (χ4v) is 2.70. The monoisotopic (exact) mass is 905 g/mol. The van der Waals surface area contributed by atoms with E-state index in [1.807, 2.05) is 6.07 Å². The highest BCUT2D eigenvalue weighted by molar-refractivity contribution is 5.78. The highest BCUT2D eigenvalue weighted by Gasteiger charge is 2.24. The zero-order chi connectivity index (χ0) is 51.1. The van der Waals surface area contributed by atoms with E-state index in [1.54, 1.807) is 6.26 Å². The predicted octanol–water partition coefficient (Wildman–Crippen LogP) is -1.71. The lowest BCUT2D eigenvalue weighted by molar-refractivity contribution is -0.123. The van der Waals surface area contributed by atoms with Crippen LogP contribution < -0.4 is 4.74 Å². The molecule has 2 aromatic heterocycles. The van der Waals surface area contributed by atoms with Crippen LogP contribution in [0.15, 0.2) is 23.1 Å². The number of furan rings is 1. The van der Waals surface area contributed by atoms with Crippen molar-refractivity contribution in [2.24, 2.45) is 0 Å². The second-order valence-electron chi connectivity index (χ2n) is 6.81. The van der Waals surface area contributed by atoms with Crippen molar-refractivity contribution in [2.45, 2.75) is 37.8 Å². The highest BCUT2D eigenvalue weighted by Crippen LogP contribution is 2.28. The van der Waals surface area contributed by atoms with Crippen LogP contribution >= 0.6 is 0 Å². The number of fused-ring (bicyclic) bond motifs is 1. The van der Waals surface area contributed by atoms with Gasteiger partial charge < -0.3 is 85.5 Å². The maximum atomic E-state index is 8.36. The molecule has 3 rings (SSSR count). The third-order valence-corrected chi connectivity index (χ3v) is 3.88. The van der Waals surface area contributed by atoms with Gasteiger partial charge in [-0.25, -0.2) is 9.97 Å². The number of aromatic nitrogens is 2. The third-order valence-electron chi connectivity index (χ3n) is 3.88. The van der Waals surface area contributed by atoms with Crippen molar-refractivity contribution in [1.82, 2.24) is 14.9 Å². The van der Waals surface area contributed by atoms with Crippen LogP contribution in [0.2, 0.25) is 0 Å². The van der Waals surface area contributed by atoms with Crippen LogP contribution in [0.4, 0.5) is 0 Å². The van der Waals surface area contributed by atoms with Gasteiger partial charge in [-0.3, -0.25) is 67.1 Å². The molecule has 0 aliphatic heterocycles. The maximum Gasteiger partial charge on any atom is 0.290 e. The Morgan fingerprint density at radius 3 is 0.951 bits per heavy atom. The van der Waals surface area contributed by atoms with Gasteiger partial charge in [0.1, 0.15) is 17.8 Å². The van der Waals surface area contributed by atoms with Gasteiger partial charge in [0.2, 0.25) is 11.6 Å². The molecule has 33 heteroatoms. The van der Waals surface area contributed by atoms with Gasteiger partial charge in [0.15, 0.2) is 0 Å². The van der Waals surface area contributed by atoms with Gasteiger partial charge in [-0.05, 0) is 45.8 Å². The molecule has 0 atom stereocenters. The third kappa shape index (κ3) is 146. The predicted molar refractivity (Wildman–Crippen MR) is 194 cm³/mol. The molecule has 0 saturated heterocycles. The van der Waals surface area contributed by atoms with Gasteiger partial charge in [-0.15, -0.1) is 0 Å². The lowest BCUT2D eigenvalue weighted by Gasteiger charge is -2.32. The van der Waals surface area contributed by atoms with E-state index < -0.39 is 0 Å². The molecule has 0 amide bonds. The Hall–Kier alpha value is -9.04. The molecule has 0 spiro atoms. The van der Waals surface area contributed by atoms with Crippen molar-refractivity contribution in [1.29, 1.82) is 0 Å². The quantitative estimate of drug-likeness (QED) is 0.152. The van der Waals surface area contributed by atoms with E-state index in [9.17, 15) is 0 Å². The topological polar surface area (TPSA) is 574 Å². The lowest BCUT2D eigenvalue weighted by atomic mass is 9.92. The fourth-order valence-electron chi connectivity index (χ4n) is 2.70. The molecule has 14 N–H and O–H groups in total. The standard InChI is InChI=1S/C14H19N3O2.14CH2O2/c1-17(2)10-3-5-11(6-4-10)19-14-12-7-8-18-13(12)15-9-16-14;14*2-1-3/h7-11H,3-6H2,1-2H3;14*1H,(H,2,3)/t10-,11-;;;;;;;;;;;;;;. The average molecular weight is 906 g/mol. The van der Waals surface area contributed by atoms with Crippen molar-refractivity contribution < 1.29 is 148 Å². The minimum atomic E-state index is -0.250. The van der Waals surface area contributed by atoms with E-state index in [-0.39, 0.29) is 96.7 Å². The van der Waals surface area contributed by atoms with Crippen molar-refractivity contribution in [3.05, 3.63) is 18.7 Å². The molecule has 0 unspecified atom stereocenters. The first-order chi connectivity index (χ1) is 29.0. The summed E-state index contributed by atoms with van der Waals surface area (Å²) >= 11 is 0. The van der Waals surface area contributed by atoms with E-state index in [2.05, 4.69) is 29.0 Å². The van der Waals surface area contributed by atoms with E-state index in [0.29, 0.717) is 17.6 Å². The van der Waals surface area contributed by atoms with E-state index in [4.69, 9.17) is 148 Å².